The molecule has 0 aliphatic carbocycles. The van der Waals surface area contributed by atoms with E-state index in [9.17, 15) is 14.3 Å². The van der Waals surface area contributed by atoms with Gasteiger partial charge in [0.05, 0.1) is 34.4 Å². The summed E-state index contributed by atoms with van der Waals surface area (Å²) in [5.41, 5.74) is 0. The molecule has 2 unspecified atom stereocenters. The van der Waals surface area contributed by atoms with Gasteiger partial charge in [-0.15, -0.1) is 0 Å². The van der Waals surface area contributed by atoms with E-state index in [0.717, 1.165) is 89.9 Å². The number of ether oxygens (including phenoxy) is 2. The minimum absolute atomic E-state index is 0.0184. The largest absolute Gasteiger partial charge is 0.756 e. The topological polar surface area (TPSA) is 94.1 Å². The zero-order valence-electron chi connectivity index (χ0n) is 41.2. The minimum Gasteiger partial charge on any atom is -0.756 e. The van der Waals surface area contributed by atoms with Crippen LogP contribution in [0.3, 0.4) is 0 Å². The molecule has 0 saturated carbocycles. The summed E-state index contributed by atoms with van der Waals surface area (Å²) in [5, 5.41) is 0. The van der Waals surface area contributed by atoms with Gasteiger partial charge in [0, 0.05) is 13.0 Å². The number of hydrogen-bond donors (Lipinski definition) is 0. The van der Waals surface area contributed by atoms with E-state index in [0.29, 0.717) is 24.1 Å². The third kappa shape index (κ3) is 50.5. The molecule has 0 spiro atoms. The number of carbonyl (C=O) groups excluding carboxylic acids is 1. The van der Waals surface area contributed by atoms with Crippen LogP contribution in [0.5, 0.6) is 0 Å². The first-order valence-corrected chi connectivity index (χ1v) is 26.8. The number of esters is 1. The van der Waals surface area contributed by atoms with Crippen molar-refractivity contribution in [3.63, 3.8) is 0 Å². The van der Waals surface area contributed by atoms with Crippen molar-refractivity contribution in [3.8, 4) is 0 Å². The highest BCUT2D eigenvalue weighted by Gasteiger charge is 2.20. The van der Waals surface area contributed by atoms with Crippen molar-refractivity contribution in [2.75, 3.05) is 54.1 Å². The molecule has 0 aliphatic rings. The van der Waals surface area contributed by atoms with Gasteiger partial charge in [-0.2, -0.15) is 0 Å². The summed E-state index contributed by atoms with van der Waals surface area (Å²) in [4.78, 5) is 25.2. The number of likely N-dealkylation sites (N-methyl/N-ethyl adjacent to an activating group) is 1. The molecule has 364 valence electrons. The Bertz CT molecular complexity index is 1280. The molecular weight excluding hydrogens is 806 g/mol. The summed E-state index contributed by atoms with van der Waals surface area (Å²) < 4.78 is 34.7. The Labute approximate surface area is 388 Å². The highest BCUT2D eigenvalue weighted by Crippen LogP contribution is 2.38. The fourth-order valence-corrected chi connectivity index (χ4v) is 7.27. The third-order valence-electron chi connectivity index (χ3n) is 10.4. The number of phosphoric acid groups is 1. The third-order valence-corrected chi connectivity index (χ3v) is 11.4. The zero-order chi connectivity index (χ0) is 46.2. The number of hydrogen-bond acceptors (Lipinski definition) is 7. The van der Waals surface area contributed by atoms with E-state index in [1.807, 2.05) is 21.1 Å². The maximum absolute atomic E-state index is 12.7. The second-order valence-electron chi connectivity index (χ2n) is 17.8. The molecule has 0 rings (SSSR count). The van der Waals surface area contributed by atoms with Gasteiger partial charge in [0.15, 0.2) is 0 Å². The molecule has 63 heavy (non-hydrogen) atoms. The van der Waals surface area contributed by atoms with E-state index in [4.69, 9.17) is 18.5 Å². The summed E-state index contributed by atoms with van der Waals surface area (Å²) in [6.45, 7) is 5.23. The minimum atomic E-state index is -4.54. The van der Waals surface area contributed by atoms with E-state index in [1.165, 1.54) is 83.5 Å². The number of carbonyl (C=O) groups is 1. The van der Waals surface area contributed by atoms with Crippen LogP contribution in [0.25, 0.3) is 0 Å². The Balaban J connectivity index is 4.18. The van der Waals surface area contributed by atoms with Gasteiger partial charge in [-0.05, 0) is 89.9 Å². The first-order chi connectivity index (χ1) is 30.6. The van der Waals surface area contributed by atoms with Gasteiger partial charge in [0.1, 0.15) is 19.3 Å². The smallest absolute Gasteiger partial charge is 0.306 e. The van der Waals surface area contributed by atoms with Crippen molar-refractivity contribution >= 4 is 13.8 Å². The highest BCUT2D eigenvalue weighted by atomic mass is 31.2. The van der Waals surface area contributed by atoms with Crippen molar-refractivity contribution in [1.29, 1.82) is 0 Å². The summed E-state index contributed by atoms with van der Waals surface area (Å²) >= 11 is 0. The monoisotopic (exact) mass is 902 g/mol. The number of quaternary nitrogens is 1. The lowest BCUT2D eigenvalue weighted by Gasteiger charge is -2.28. The van der Waals surface area contributed by atoms with Crippen molar-refractivity contribution in [1.82, 2.24) is 0 Å². The number of rotatable bonds is 46. The SMILES string of the molecule is CC/C=C\C/C=C\C/C=C\C/C=C\C/C=C\CCCCCCCCCCCC(=O)OC(COCCCCCCCC/C=C\C/C=C\CCCCC)COP(=O)([O-])OCC[N+](C)(C)C. The van der Waals surface area contributed by atoms with Crippen LogP contribution in [0.1, 0.15) is 194 Å². The molecule has 0 aromatic heterocycles. The van der Waals surface area contributed by atoms with E-state index >= 15 is 0 Å². The first kappa shape index (κ1) is 60.7. The van der Waals surface area contributed by atoms with Crippen LogP contribution in [0.15, 0.2) is 85.1 Å². The maximum Gasteiger partial charge on any atom is 0.306 e. The van der Waals surface area contributed by atoms with Crippen molar-refractivity contribution < 1.29 is 37.3 Å². The summed E-state index contributed by atoms with van der Waals surface area (Å²) in [6.07, 6.45) is 61.7. The normalized spacial score (nSPS) is 14.3. The van der Waals surface area contributed by atoms with Crippen molar-refractivity contribution in [3.05, 3.63) is 85.1 Å². The predicted molar refractivity (Wildman–Crippen MR) is 268 cm³/mol. The second-order valence-corrected chi connectivity index (χ2v) is 19.2. The Kier molecular flexibility index (Phi) is 44.5. The number of phosphoric ester groups is 1. The molecule has 0 bridgehead atoms. The lowest BCUT2D eigenvalue weighted by molar-refractivity contribution is -0.870. The summed E-state index contributed by atoms with van der Waals surface area (Å²) in [5.74, 6) is -0.347. The van der Waals surface area contributed by atoms with Gasteiger partial charge < -0.3 is 27.9 Å². The molecule has 0 saturated heterocycles. The predicted octanol–water partition coefficient (Wildman–Crippen LogP) is 15.0. The van der Waals surface area contributed by atoms with Crippen LogP contribution in [0, 0.1) is 0 Å². The lowest BCUT2D eigenvalue weighted by atomic mass is 10.1. The standard InChI is InChI=1S/C54H96NO7P/c1-6-8-10-12-14-16-18-20-22-24-25-26-27-28-29-30-31-32-33-35-37-39-41-43-45-47-54(56)62-53(52-61-63(57,58)60-50-48-55(3,4)5)51-59-49-46-44-42-40-38-36-34-23-21-19-17-15-13-11-9-7-2/h8,10,14-17,20-23,25-26,28-29,53H,6-7,9,11-13,18-19,24,27,30-52H2,1-5H3/b10-8-,16-14-,17-15-,22-20-,23-21-,26-25-,29-28-. The lowest BCUT2D eigenvalue weighted by Crippen LogP contribution is -2.37. The van der Waals surface area contributed by atoms with Crippen LogP contribution >= 0.6 is 7.82 Å². The molecule has 0 fully saturated rings. The molecule has 0 aliphatic heterocycles. The van der Waals surface area contributed by atoms with Crippen LogP contribution < -0.4 is 4.89 Å². The van der Waals surface area contributed by atoms with Crippen LogP contribution in [-0.2, 0) is 27.9 Å². The average molecular weight is 902 g/mol. The maximum atomic E-state index is 12.7. The molecule has 0 heterocycles. The Hall–Kier alpha value is -2.32. The van der Waals surface area contributed by atoms with Gasteiger partial charge in [-0.1, -0.05) is 182 Å². The van der Waals surface area contributed by atoms with Gasteiger partial charge in [0.25, 0.3) is 7.82 Å². The van der Waals surface area contributed by atoms with Crippen LogP contribution in [0.4, 0.5) is 0 Å². The van der Waals surface area contributed by atoms with E-state index in [2.05, 4.69) is 98.9 Å². The van der Waals surface area contributed by atoms with Crippen molar-refractivity contribution in [2.45, 2.75) is 200 Å². The molecule has 2 atom stereocenters. The first-order valence-electron chi connectivity index (χ1n) is 25.3. The Morgan fingerprint density at radius 1 is 0.508 bits per heavy atom. The molecular formula is C54H96NO7P. The van der Waals surface area contributed by atoms with Gasteiger partial charge in [-0.3, -0.25) is 9.36 Å². The van der Waals surface area contributed by atoms with Gasteiger partial charge in [-0.25, -0.2) is 0 Å². The quantitative estimate of drug-likeness (QED) is 0.0197. The van der Waals surface area contributed by atoms with Gasteiger partial charge in [0.2, 0.25) is 0 Å². The van der Waals surface area contributed by atoms with Crippen LogP contribution in [0.2, 0.25) is 0 Å². The van der Waals surface area contributed by atoms with Gasteiger partial charge >= 0.3 is 5.97 Å². The molecule has 0 N–H and O–H groups in total. The number of allylic oxidation sites excluding steroid dienone is 14. The average Bonchev–Trinajstić information content (AvgIpc) is 3.24. The fraction of sp³-hybridized carbons (Fsp3) is 0.722. The van der Waals surface area contributed by atoms with E-state index in [-0.39, 0.29) is 25.8 Å². The highest BCUT2D eigenvalue weighted by molar-refractivity contribution is 7.45. The molecule has 0 aromatic carbocycles. The van der Waals surface area contributed by atoms with E-state index < -0.39 is 13.9 Å². The van der Waals surface area contributed by atoms with E-state index in [1.54, 1.807) is 0 Å². The molecule has 0 radical (unpaired) electrons. The summed E-state index contributed by atoms with van der Waals surface area (Å²) in [7, 11) is 1.33. The molecule has 8 nitrogen and oxygen atoms in total. The van der Waals surface area contributed by atoms with Crippen molar-refractivity contribution in [2.24, 2.45) is 0 Å². The molecule has 0 aromatic rings. The number of unbranched alkanes of at least 4 members (excludes halogenated alkanes) is 18. The Morgan fingerprint density at radius 3 is 1.38 bits per heavy atom. The second kappa shape index (κ2) is 46.2. The molecule has 9 heteroatoms. The summed E-state index contributed by atoms with van der Waals surface area (Å²) in [6, 6.07) is 0. The fourth-order valence-electron chi connectivity index (χ4n) is 6.54. The Morgan fingerprint density at radius 2 is 0.921 bits per heavy atom. The molecule has 0 amide bonds. The zero-order valence-corrected chi connectivity index (χ0v) is 42.1. The number of nitrogens with zero attached hydrogens (tertiary/aromatic N) is 1. The van der Waals surface area contributed by atoms with Crippen LogP contribution in [-0.4, -0.2) is 70.7 Å².